The molecule has 118 valence electrons. The van der Waals surface area contributed by atoms with Crippen LogP contribution in [0.2, 0.25) is 0 Å². The Bertz CT molecular complexity index is 682. The van der Waals surface area contributed by atoms with Crippen molar-refractivity contribution in [3.05, 3.63) is 30.0 Å². The highest BCUT2D eigenvalue weighted by Crippen LogP contribution is 2.28. The molecule has 0 aliphatic carbocycles. The third-order valence-electron chi connectivity index (χ3n) is 4.12. The van der Waals surface area contributed by atoms with Gasteiger partial charge < -0.3 is 19.5 Å². The smallest absolute Gasteiger partial charge is 0.257 e. The average molecular weight is 301 g/mol. The maximum atomic E-state index is 12.3. The zero-order valence-corrected chi connectivity index (χ0v) is 13.6. The number of carbonyl (C=O) groups is 1. The van der Waals surface area contributed by atoms with Gasteiger partial charge in [-0.15, -0.1) is 0 Å². The second kappa shape index (κ2) is 5.65. The molecule has 5 nitrogen and oxygen atoms in total. The molecule has 0 spiro atoms. The Morgan fingerprint density at radius 3 is 2.59 bits per heavy atom. The van der Waals surface area contributed by atoms with E-state index >= 15 is 0 Å². The first-order valence-electron chi connectivity index (χ1n) is 7.69. The number of amides is 1. The largest absolute Gasteiger partial charge is 0.463 e. The molecule has 3 rings (SSSR count). The van der Waals surface area contributed by atoms with Crippen LogP contribution in [0.4, 0.5) is 5.69 Å². The summed E-state index contributed by atoms with van der Waals surface area (Å²) in [7, 11) is 3.51. The van der Waals surface area contributed by atoms with Crippen LogP contribution in [0.5, 0.6) is 0 Å². The molecule has 1 N–H and O–H groups in total. The summed E-state index contributed by atoms with van der Waals surface area (Å²) < 4.78 is 5.53. The number of rotatable bonds is 2. The fourth-order valence-corrected chi connectivity index (χ4v) is 3.16. The summed E-state index contributed by atoms with van der Waals surface area (Å²) in [5.74, 6) is -0.0297. The molecule has 0 bridgehead atoms. The van der Waals surface area contributed by atoms with Crippen molar-refractivity contribution in [2.75, 3.05) is 32.1 Å². The van der Waals surface area contributed by atoms with E-state index in [9.17, 15) is 4.79 Å². The van der Waals surface area contributed by atoms with Crippen molar-refractivity contribution in [1.82, 2.24) is 10.2 Å². The number of piperazine rings is 1. The molecule has 1 aliphatic heterocycles. The molecular formula is C17H23N3O2. The minimum absolute atomic E-state index is 0.0297. The van der Waals surface area contributed by atoms with Crippen LogP contribution in [0.25, 0.3) is 11.0 Å². The van der Waals surface area contributed by atoms with Crippen LogP contribution in [0.3, 0.4) is 0 Å². The first-order valence-corrected chi connectivity index (χ1v) is 7.69. The van der Waals surface area contributed by atoms with E-state index in [4.69, 9.17) is 4.42 Å². The zero-order valence-electron chi connectivity index (χ0n) is 13.6. The quantitative estimate of drug-likeness (QED) is 0.925. The fourth-order valence-electron chi connectivity index (χ4n) is 3.16. The highest BCUT2D eigenvalue weighted by atomic mass is 16.3. The lowest BCUT2D eigenvalue weighted by molar-refractivity contribution is 0.0828. The fraction of sp³-hybridized carbons (Fsp3) is 0.471. The number of furan rings is 1. The third-order valence-corrected chi connectivity index (χ3v) is 4.12. The molecule has 1 saturated heterocycles. The minimum atomic E-state index is -0.0297. The molecule has 2 unspecified atom stereocenters. The summed E-state index contributed by atoms with van der Waals surface area (Å²) in [6.07, 6.45) is 1.56. The Balaban J connectivity index is 1.98. The van der Waals surface area contributed by atoms with Gasteiger partial charge in [-0.1, -0.05) is 0 Å². The maximum absolute atomic E-state index is 12.3. The summed E-state index contributed by atoms with van der Waals surface area (Å²) in [5, 5.41) is 4.42. The molecule has 2 atom stereocenters. The number of anilines is 1. The molecule has 22 heavy (non-hydrogen) atoms. The highest BCUT2D eigenvalue weighted by molar-refractivity contribution is 6.06. The number of fused-ring (bicyclic) bond motifs is 1. The van der Waals surface area contributed by atoms with Gasteiger partial charge in [-0.3, -0.25) is 4.79 Å². The predicted octanol–water partition coefficient (Wildman–Crippen LogP) is 2.32. The molecule has 2 aromatic rings. The van der Waals surface area contributed by atoms with E-state index in [1.165, 1.54) is 0 Å². The van der Waals surface area contributed by atoms with Crippen molar-refractivity contribution < 1.29 is 9.21 Å². The number of carbonyl (C=O) groups excluding carboxylic acids is 1. The molecule has 0 saturated carbocycles. The van der Waals surface area contributed by atoms with Crippen molar-refractivity contribution in [3.63, 3.8) is 0 Å². The van der Waals surface area contributed by atoms with E-state index in [1.807, 2.05) is 6.07 Å². The minimum Gasteiger partial charge on any atom is -0.463 e. The van der Waals surface area contributed by atoms with Crippen molar-refractivity contribution in [3.8, 4) is 0 Å². The lowest BCUT2D eigenvalue weighted by atomic mass is 10.1. The average Bonchev–Trinajstić information content (AvgIpc) is 2.88. The second-order valence-electron chi connectivity index (χ2n) is 6.40. The lowest BCUT2D eigenvalue weighted by Gasteiger charge is -2.37. The SMILES string of the molecule is CC1CN(c2ccc3occ(C(=O)N(C)C)c3c2)CC(C)N1. The summed E-state index contributed by atoms with van der Waals surface area (Å²) in [4.78, 5) is 16.2. The summed E-state index contributed by atoms with van der Waals surface area (Å²) in [6, 6.07) is 6.99. The van der Waals surface area contributed by atoms with Gasteiger partial charge in [0.25, 0.3) is 5.91 Å². The van der Waals surface area contributed by atoms with Gasteiger partial charge in [0.15, 0.2) is 0 Å². The predicted molar refractivity (Wildman–Crippen MR) is 88.5 cm³/mol. The van der Waals surface area contributed by atoms with E-state index in [1.54, 1.807) is 25.3 Å². The first kappa shape index (κ1) is 14.9. The molecule has 5 heteroatoms. The van der Waals surface area contributed by atoms with Crippen LogP contribution >= 0.6 is 0 Å². The van der Waals surface area contributed by atoms with Crippen LogP contribution in [0.1, 0.15) is 24.2 Å². The van der Waals surface area contributed by atoms with Gasteiger partial charge in [-0.2, -0.15) is 0 Å². The van der Waals surface area contributed by atoms with Gasteiger partial charge in [-0.25, -0.2) is 0 Å². The monoisotopic (exact) mass is 301 g/mol. The van der Waals surface area contributed by atoms with Gasteiger partial charge in [0.05, 0.1) is 5.56 Å². The van der Waals surface area contributed by atoms with Crippen molar-refractivity contribution in [2.45, 2.75) is 25.9 Å². The van der Waals surface area contributed by atoms with Crippen LogP contribution in [-0.4, -0.2) is 50.1 Å². The van der Waals surface area contributed by atoms with Crippen LogP contribution < -0.4 is 10.2 Å². The highest BCUT2D eigenvalue weighted by Gasteiger charge is 2.22. The van der Waals surface area contributed by atoms with E-state index in [-0.39, 0.29) is 5.91 Å². The van der Waals surface area contributed by atoms with Gasteiger partial charge >= 0.3 is 0 Å². The zero-order chi connectivity index (χ0) is 15.9. The number of hydrogen-bond acceptors (Lipinski definition) is 4. The molecule has 1 amide bonds. The Morgan fingerprint density at radius 2 is 1.95 bits per heavy atom. The third kappa shape index (κ3) is 2.68. The Morgan fingerprint density at radius 1 is 1.27 bits per heavy atom. The van der Waals surface area contributed by atoms with E-state index < -0.39 is 0 Å². The molecule has 1 aromatic heterocycles. The number of nitrogens with zero attached hydrogens (tertiary/aromatic N) is 2. The molecule has 0 radical (unpaired) electrons. The molecule has 1 aromatic carbocycles. The topological polar surface area (TPSA) is 48.7 Å². The van der Waals surface area contributed by atoms with Crippen LogP contribution in [0, 0.1) is 0 Å². The molecule has 1 aliphatic rings. The van der Waals surface area contributed by atoms with E-state index in [0.29, 0.717) is 17.6 Å². The Labute approximate surface area is 130 Å². The lowest BCUT2D eigenvalue weighted by Crippen LogP contribution is -2.54. The van der Waals surface area contributed by atoms with Crippen molar-refractivity contribution in [1.29, 1.82) is 0 Å². The standard InChI is InChI=1S/C17H23N3O2/c1-11-8-20(9-12(2)18-11)13-5-6-16-14(7-13)15(10-22-16)17(21)19(3)4/h5-7,10-12,18H,8-9H2,1-4H3. The summed E-state index contributed by atoms with van der Waals surface area (Å²) in [5.41, 5.74) is 2.52. The van der Waals surface area contributed by atoms with E-state index in [0.717, 1.165) is 29.7 Å². The summed E-state index contributed by atoms with van der Waals surface area (Å²) >= 11 is 0. The van der Waals surface area contributed by atoms with Crippen LogP contribution in [-0.2, 0) is 0 Å². The van der Waals surface area contributed by atoms with Gasteiger partial charge in [0.2, 0.25) is 0 Å². The summed E-state index contributed by atoms with van der Waals surface area (Å²) in [6.45, 7) is 6.31. The Hall–Kier alpha value is -2.01. The van der Waals surface area contributed by atoms with Gasteiger partial charge in [-0.05, 0) is 32.0 Å². The van der Waals surface area contributed by atoms with E-state index in [2.05, 4.69) is 36.2 Å². The number of nitrogens with one attached hydrogen (secondary N) is 1. The molecular weight excluding hydrogens is 278 g/mol. The number of hydrogen-bond donors (Lipinski definition) is 1. The normalized spacial score (nSPS) is 22.1. The van der Waals surface area contributed by atoms with Gasteiger partial charge in [0, 0.05) is 50.3 Å². The van der Waals surface area contributed by atoms with Crippen LogP contribution in [0.15, 0.2) is 28.9 Å². The molecule has 1 fully saturated rings. The molecule has 2 heterocycles. The maximum Gasteiger partial charge on any atom is 0.257 e. The van der Waals surface area contributed by atoms with Crippen molar-refractivity contribution in [2.24, 2.45) is 0 Å². The van der Waals surface area contributed by atoms with Crippen molar-refractivity contribution >= 4 is 22.6 Å². The Kier molecular flexibility index (Phi) is 3.83. The first-order chi connectivity index (χ1) is 10.5. The number of benzene rings is 1. The van der Waals surface area contributed by atoms with Gasteiger partial charge in [0.1, 0.15) is 11.8 Å². The second-order valence-corrected chi connectivity index (χ2v) is 6.40.